The molecule has 0 saturated carbocycles. The van der Waals surface area contributed by atoms with Crippen LogP contribution in [0, 0.1) is 0 Å². The molecule has 0 amide bonds. The molecule has 0 aromatic heterocycles. The van der Waals surface area contributed by atoms with Gasteiger partial charge in [-0.1, -0.05) is 36.4 Å². The van der Waals surface area contributed by atoms with Gasteiger partial charge in [-0.25, -0.2) is 0 Å². The predicted molar refractivity (Wildman–Crippen MR) is 84.2 cm³/mol. The van der Waals surface area contributed by atoms with Crippen molar-refractivity contribution in [3.05, 3.63) is 59.7 Å². The van der Waals surface area contributed by atoms with Crippen LogP contribution >= 0.6 is 7.60 Å². The van der Waals surface area contributed by atoms with Gasteiger partial charge >= 0.3 is 7.60 Å². The fourth-order valence-corrected chi connectivity index (χ4v) is 2.97. The Hall–Kier alpha value is -1.81. The Morgan fingerprint density at radius 1 is 0.955 bits per heavy atom. The van der Waals surface area contributed by atoms with Crippen molar-refractivity contribution in [2.75, 3.05) is 14.2 Å². The lowest BCUT2D eigenvalue weighted by molar-refractivity contribution is 0.274. The number of para-hydroxylation sites is 2. The maximum absolute atomic E-state index is 12.1. The first kappa shape index (κ1) is 16.6. The fourth-order valence-electron chi connectivity index (χ4n) is 1.91. The van der Waals surface area contributed by atoms with Crippen LogP contribution in [0.3, 0.4) is 0 Å². The van der Waals surface area contributed by atoms with Gasteiger partial charge < -0.3 is 18.9 Å². The smallest absolute Gasteiger partial charge is 0.334 e. The quantitative estimate of drug-likeness (QED) is 0.782. The van der Waals surface area contributed by atoms with Crippen LogP contribution in [0.1, 0.15) is 11.1 Å². The van der Waals surface area contributed by atoms with Gasteiger partial charge in [-0.3, -0.25) is 4.57 Å². The molecule has 118 valence electrons. The highest BCUT2D eigenvalue weighted by Gasteiger charge is 2.21. The Morgan fingerprint density at radius 3 is 2.14 bits per heavy atom. The van der Waals surface area contributed by atoms with Gasteiger partial charge in [0.25, 0.3) is 0 Å². The molecular formula is C16H19O5P. The summed E-state index contributed by atoms with van der Waals surface area (Å²) in [5.74, 6) is 0.551. The molecule has 6 heteroatoms. The summed E-state index contributed by atoms with van der Waals surface area (Å²) in [5, 5.41) is 9.63. The summed E-state index contributed by atoms with van der Waals surface area (Å²) in [6, 6.07) is 14.3. The van der Waals surface area contributed by atoms with E-state index >= 15 is 0 Å². The second-order valence-electron chi connectivity index (χ2n) is 4.71. The van der Waals surface area contributed by atoms with Crippen LogP contribution in [0.15, 0.2) is 48.5 Å². The zero-order valence-corrected chi connectivity index (χ0v) is 13.5. The van der Waals surface area contributed by atoms with E-state index in [0.717, 1.165) is 11.1 Å². The van der Waals surface area contributed by atoms with Crippen molar-refractivity contribution in [2.45, 2.75) is 12.8 Å². The van der Waals surface area contributed by atoms with Gasteiger partial charge in [0.2, 0.25) is 0 Å². The Morgan fingerprint density at radius 2 is 1.55 bits per heavy atom. The van der Waals surface area contributed by atoms with E-state index in [-0.39, 0.29) is 11.9 Å². The van der Waals surface area contributed by atoms with Crippen molar-refractivity contribution in [2.24, 2.45) is 0 Å². The van der Waals surface area contributed by atoms with Gasteiger partial charge in [0.1, 0.15) is 6.61 Å². The number of hydrogen-bond acceptors (Lipinski definition) is 5. The zero-order valence-electron chi connectivity index (χ0n) is 12.6. The predicted octanol–water partition coefficient (Wildman–Crippen LogP) is 3.96. The zero-order chi connectivity index (χ0) is 16.0. The lowest BCUT2D eigenvalue weighted by atomic mass is 10.2. The first-order chi connectivity index (χ1) is 10.6. The highest BCUT2D eigenvalue weighted by Crippen LogP contribution is 2.49. The van der Waals surface area contributed by atoms with E-state index in [9.17, 15) is 9.67 Å². The monoisotopic (exact) mass is 322 g/mol. The van der Waals surface area contributed by atoms with Gasteiger partial charge in [-0.2, -0.15) is 0 Å². The van der Waals surface area contributed by atoms with Crippen LogP contribution in [-0.4, -0.2) is 19.3 Å². The molecule has 2 aromatic rings. The van der Waals surface area contributed by atoms with E-state index in [4.69, 9.17) is 13.8 Å². The minimum atomic E-state index is -3.05. The standard InChI is InChI=1S/C16H19O5P/c1-19-22(18,20-2)12-14-9-7-13(8-10-14)11-21-16-6-4-3-5-15(16)17/h3-10,17H,11-12H2,1-2H3. The van der Waals surface area contributed by atoms with Crippen molar-refractivity contribution in [1.29, 1.82) is 0 Å². The molecule has 0 bridgehead atoms. The third-order valence-corrected chi connectivity index (χ3v) is 5.08. The highest BCUT2D eigenvalue weighted by molar-refractivity contribution is 7.52. The largest absolute Gasteiger partial charge is 0.504 e. The average Bonchev–Trinajstić information content (AvgIpc) is 2.55. The third kappa shape index (κ3) is 4.34. The van der Waals surface area contributed by atoms with Crippen LogP contribution in [0.2, 0.25) is 0 Å². The summed E-state index contributed by atoms with van der Waals surface area (Å²) in [5.41, 5.74) is 1.80. The van der Waals surface area contributed by atoms with E-state index in [1.54, 1.807) is 24.3 Å². The fraction of sp³-hybridized carbons (Fsp3) is 0.250. The second-order valence-corrected chi connectivity index (χ2v) is 6.98. The van der Waals surface area contributed by atoms with Crippen LogP contribution in [-0.2, 0) is 26.4 Å². The summed E-state index contributed by atoms with van der Waals surface area (Å²) in [6.45, 7) is 0.337. The Kier molecular flexibility index (Phi) is 5.61. The minimum absolute atomic E-state index is 0.111. The van der Waals surface area contributed by atoms with Gasteiger partial charge in [-0.15, -0.1) is 0 Å². The van der Waals surface area contributed by atoms with Crippen LogP contribution < -0.4 is 4.74 Å². The molecule has 22 heavy (non-hydrogen) atoms. The average molecular weight is 322 g/mol. The van der Waals surface area contributed by atoms with E-state index in [0.29, 0.717) is 12.4 Å². The summed E-state index contributed by atoms with van der Waals surface area (Å²) < 4.78 is 27.4. The maximum Gasteiger partial charge on any atom is 0.334 e. The Balaban J connectivity index is 1.98. The second kappa shape index (κ2) is 7.45. The molecule has 5 nitrogen and oxygen atoms in total. The van der Waals surface area contributed by atoms with Crippen LogP contribution in [0.4, 0.5) is 0 Å². The molecule has 0 atom stereocenters. The molecule has 0 aliphatic heterocycles. The van der Waals surface area contributed by atoms with Gasteiger partial charge in [0.15, 0.2) is 11.5 Å². The lowest BCUT2D eigenvalue weighted by Crippen LogP contribution is -1.97. The van der Waals surface area contributed by atoms with Crippen LogP contribution in [0.5, 0.6) is 11.5 Å². The van der Waals surface area contributed by atoms with Crippen molar-refractivity contribution in [3.63, 3.8) is 0 Å². The van der Waals surface area contributed by atoms with E-state index in [2.05, 4.69) is 0 Å². The van der Waals surface area contributed by atoms with Crippen molar-refractivity contribution in [3.8, 4) is 11.5 Å². The summed E-state index contributed by atoms with van der Waals surface area (Å²) >= 11 is 0. The molecular weight excluding hydrogens is 303 g/mol. The summed E-state index contributed by atoms with van der Waals surface area (Å²) in [7, 11) is -0.305. The van der Waals surface area contributed by atoms with E-state index in [1.165, 1.54) is 14.2 Å². The van der Waals surface area contributed by atoms with E-state index < -0.39 is 7.60 Å². The first-order valence-electron chi connectivity index (χ1n) is 6.75. The molecule has 0 unspecified atom stereocenters. The number of phenols is 1. The van der Waals surface area contributed by atoms with Crippen molar-refractivity contribution in [1.82, 2.24) is 0 Å². The number of phenolic OH excluding ortho intramolecular Hbond substituents is 1. The van der Waals surface area contributed by atoms with Gasteiger partial charge in [-0.05, 0) is 23.3 Å². The van der Waals surface area contributed by atoms with Crippen molar-refractivity contribution >= 4 is 7.60 Å². The first-order valence-corrected chi connectivity index (χ1v) is 8.48. The molecule has 0 radical (unpaired) electrons. The Bertz CT molecular complexity index is 646. The molecule has 2 aromatic carbocycles. The molecule has 0 heterocycles. The molecule has 0 fully saturated rings. The molecule has 0 spiro atoms. The molecule has 0 saturated heterocycles. The normalized spacial score (nSPS) is 11.4. The molecule has 2 rings (SSSR count). The van der Waals surface area contributed by atoms with Gasteiger partial charge in [0.05, 0.1) is 6.16 Å². The van der Waals surface area contributed by atoms with Crippen molar-refractivity contribution < 1.29 is 23.5 Å². The van der Waals surface area contributed by atoms with E-state index in [1.807, 2.05) is 24.3 Å². The Labute approximate surface area is 130 Å². The molecule has 0 aliphatic rings. The topological polar surface area (TPSA) is 65.0 Å². The van der Waals surface area contributed by atoms with Gasteiger partial charge in [0, 0.05) is 14.2 Å². The number of ether oxygens (including phenoxy) is 1. The minimum Gasteiger partial charge on any atom is -0.504 e. The number of aromatic hydroxyl groups is 1. The molecule has 1 N–H and O–H groups in total. The summed E-state index contributed by atoms with van der Waals surface area (Å²) in [4.78, 5) is 0. The lowest BCUT2D eigenvalue weighted by Gasteiger charge is -2.13. The SMILES string of the molecule is COP(=O)(Cc1ccc(COc2ccccc2O)cc1)OC. The van der Waals surface area contributed by atoms with Crippen LogP contribution in [0.25, 0.3) is 0 Å². The number of benzene rings is 2. The highest BCUT2D eigenvalue weighted by atomic mass is 31.2. The number of rotatable bonds is 7. The summed E-state index contributed by atoms with van der Waals surface area (Å²) in [6.07, 6.45) is 0.223. The maximum atomic E-state index is 12.1. The number of hydrogen-bond donors (Lipinski definition) is 1. The molecule has 0 aliphatic carbocycles. The third-order valence-electron chi connectivity index (χ3n) is 3.22.